The van der Waals surface area contributed by atoms with Gasteiger partial charge in [0.1, 0.15) is 0 Å². The number of aryl methyl sites for hydroxylation is 2. The molecule has 0 fully saturated rings. The van der Waals surface area contributed by atoms with Crippen LogP contribution in [0.25, 0.3) is 0 Å². The summed E-state index contributed by atoms with van der Waals surface area (Å²) < 4.78 is 1.77. The molecule has 0 N–H and O–H groups in total. The van der Waals surface area contributed by atoms with Crippen LogP contribution in [0, 0.1) is 6.92 Å². The summed E-state index contributed by atoms with van der Waals surface area (Å²) in [6.07, 6.45) is 2.38. The predicted molar refractivity (Wildman–Crippen MR) is 74.2 cm³/mol. The zero-order chi connectivity index (χ0) is 13.1. The maximum absolute atomic E-state index is 12.3. The van der Waals surface area contributed by atoms with Gasteiger partial charge in [-0.2, -0.15) is 5.10 Å². The highest BCUT2D eigenvalue weighted by Crippen LogP contribution is 2.21. The number of carbonyl (C=O) groups excluding carboxylic acids is 1. The maximum Gasteiger partial charge on any atom is 0.169 e. The van der Waals surface area contributed by atoms with E-state index in [-0.39, 0.29) is 5.78 Å². The summed E-state index contributed by atoms with van der Waals surface area (Å²) in [4.78, 5) is 13.3. The number of aromatic nitrogens is 2. The smallest absolute Gasteiger partial charge is 0.169 e. The lowest BCUT2D eigenvalue weighted by atomic mass is 10.1. The van der Waals surface area contributed by atoms with Crippen molar-refractivity contribution in [2.24, 2.45) is 7.05 Å². The Bertz CT molecular complexity index is 575. The van der Waals surface area contributed by atoms with Crippen LogP contribution >= 0.6 is 11.8 Å². The number of thioether (sulfide) groups is 1. The van der Waals surface area contributed by atoms with E-state index in [4.69, 9.17) is 0 Å². The summed E-state index contributed by atoms with van der Waals surface area (Å²) in [6, 6.07) is 9.68. The largest absolute Gasteiger partial charge is 0.294 e. The minimum atomic E-state index is 0.142. The minimum absolute atomic E-state index is 0.142. The highest BCUT2D eigenvalue weighted by atomic mass is 32.2. The minimum Gasteiger partial charge on any atom is -0.294 e. The van der Waals surface area contributed by atoms with Crippen molar-refractivity contribution in [1.29, 1.82) is 0 Å². The lowest BCUT2D eigenvalue weighted by Crippen LogP contribution is -2.08. The second-order valence-corrected chi connectivity index (χ2v) is 5.05. The number of rotatable bonds is 4. The Morgan fingerprint density at radius 1 is 1.39 bits per heavy atom. The molecule has 1 heterocycles. The highest BCUT2D eigenvalue weighted by molar-refractivity contribution is 7.98. The van der Waals surface area contributed by atoms with Gasteiger partial charge >= 0.3 is 0 Å². The van der Waals surface area contributed by atoms with Crippen LogP contribution in [-0.4, -0.2) is 21.8 Å². The first-order chi connectivity index (χ1) is 8.61. The van der Waals surface area contributed by atoms with Gasteiger partial charge in [0.05, 0.1) is 12.1 Å². The zero-order valence-corrected chi connectivity index (χ0v) is 11.6. The summed E-state index contributed by atoms with van der Waals surface area (Å²) >= 11 is 1.60. The Labute approximate surface area is 111 Å². The molecular formula is C14H16N2OS. The molecular weight excluding hydrogens is 244 g/mol. The fourth-order valence-corrected chi connectivity index (χ4v) is 2.58. The summed E-state index contributed by atoms with van der Waals surface area (Å²) in [5.74, 6) is 0.142. The van der Waals surface area contributed by atoms with Crippen LogP contribution in [0.3, 0.4) is 0 Å². The third-order valence-electron chi connectivity index (χ3n) is 2.85. The van der Waals surface area contributed by atoms with Crippen LogP contribution in [0.2, 0.25) is 0 Å². The molecule has 0 unspecified atom stereocenters. The molecule has 0 aliphatic carbocycles. The van der Waals surface area contributed by atoms with Gasteiger partial charge in [0.15, 0.2) is 5.78 Å². The molecule has 0 aliphatic heterocycles. The fourth-order valence-electron chi connectivity index (χ4n) is 1.96. The highest BCUT2D eigenvalue weighted by Gasteiger charge is 2.13. The van der Waals surface area contributed by atoms with Gasteiger partial charge in [-0.3, -0.25) is 9.48 Å². The van der Waals surface area contributed by atoms with Gasteiger partial charge in [0.2, 0.25) is 0 Å². The van der Waals surface area contributed by atoms with E-state index in [9.17, 15) is 4.79 Å². The van der Waals surface area contributed by atoms with Crippen molar-refractivity contribution in [3.05, 3.63) is 47.3 Å². The van der Waals surface area contributed by atoms with E-state index >= 15 is 0 Å². The molecule has 0 radical (unpaired) electrons. The van der Waals surface area contributed by atoms with Gasteiger partial charge in [-0.15, -0.1) is 11.8 Å². The first-order valence-electron chi connectivity index (χ1n) is 5.77. The molecule has 94 valence electrons. The molecule has 18 heavy (non-hydrogen) atoms. The molecule has 0 bridgehead atoms. The molecule has 0 atom stereocenters. The Hall–Kier alpha value is -1.55. The van der Waals surface area contributed by atoms with Crippen molar-refractivity contribution in [2.45, 2.75) is 18.2 Å². The molecule has 3 nitrogen and oxygen atoms in total. The van der Waals surface area contributed by atoms with E-state index in [0.717, 1.165) is 21.8 Å². The van der Waals surface area contributed by atoms with Crippen molar-refractivity contribution in [1.82, 2.24) is 9.78 Å². The van der Waals surface area contributed by atoms with Crippen molar-refractivity contribution >= 4 is 17.5 Å². The monoisotopic (exact) mass is 260 g/mol. The molecule has 0 amide bonds. The predicted octanol–water partition coefficient (Wildman–Crippen LogP) is 2.88. The lowest BCUT2D eigenvalue weighted by Gasteiger charge is -2.06. The van der Waals surface area contributed by atoms with E-state index in [1.807, 2.05) is 50.6 Å². The lowest BCUT2D eigenvalue weighted by molar-refractivity contribution is 0.0988. The van der Waals surface area contributed by atoms with Crippen molar-refractivity contribution in [2.75, 3.05) is 6.26 Å². The zero-order valence-electron chi connectivity index (χ0n) is 10.8. The van der Waals surface area contributed by atoms with E-state index in [1.165, 1.54) is 0 Å². The quantitative estimate of drug-likeness (QED) is 0.626. The molecule has 0 spiro atoms. The summed E-state index contributed by atoms with van der Waals surface area (Å²) in [5.41, 5.74) is 2.69. The average molecular weight is 260 g/mol. The second kappa shape index (κ2) is 5.40. The number of Topliss-reactive ketones (excluding diaryl/α,β-unsaturated/α-hetero) is 1. The van der Waals surface area contributed by atoms with Crippen molar-refractivity contribution in [3.8, 4) is 0 Å². The Kier molecular flexibility index (Phi) is 3.87. The molecule has 0 saturated heterocycles. The van der Waals surface area contributed by atoms with E-state index < -0.39 is 0 Å². The topological polar surface area (TPSA) is 34.9 Å². The van der Waals surface area contributed by atoms with Crippen LogP contribution in [0.1, 0.15) is 21.7 Å². The molecule has 0 saturated carbocycles. The number of ketones is 1. The fraction of sp³-hybridized carbons (Fsp3) is 0.286. The molecule has 1 aromatic heterocycles. The van der Waals surface area contributed by atoms with Gasteiger partial charge in [0, 0.05) is 23.2 Å². The number of benzene rings is 1. The number of nitrogens with zero attached hydrogens (tertiary/aromatic N) is 2. The normalized spacial score (nSPS) is 10.6. The number of carbonyl (C=O) groups is 1. The van der Waals surface area contributed by atoms with Gasteiger partial charge in [0.25, 0.3) is 0 Å². The number of hydrogen-bond acceptors (Lipinski definition) is 3. The van der Waals surface area contributed by atoms with Crippen LogP contribution in [0.15, 0.2) is 35.2 Å². The molecule has 0 aliphatic rings. The molecule has 2 rings (SSSR count). The first kappa shape index (κ1) is 12.9. The average Bonchev–Trinajstić information content (AvgIpc) is 2.67. The van der Waals surface area contributed by atoms with Crippen molar-refractivity contribution in [3.63, 3.8) is 0 Å². The van der Waals surface area contributed by atoms with Gasteiger partial charge in [-0.05, 0) is 25.3 Å². The van der Waals surface area contributed by atoms with Crippen LogP contribution in [0.4, 0.5) is 0 Å². The standard InChI is InChI=1S/C14H16N2OS/c1-10-8-11(16(2)15-10)9-13(17)12-6-4-5-7-14(12)18-3/h4-8H,9H2,1-3H3. The summed E-state index contributed by atoms with van der Waals surface area (Å²) in [7, 11) is 1.87. The third-order valence-corrected chi connectivity index (χ3v) is 3.64. The van der Waals surface area contributed by atoms with Crippen LogP contribution in [-0.2, 0) is 13.5 Å². The Balaban J connectivity index is 2.24. The first-order valence-corrected chi connectivity index (χ1v) is 7.00. The SMILES string of the molecule is CSc1ccccc1C(=O)Cc1cc(C)nn1C. The van der Waals surface area contributed by atoms with E-state index in [1.54, 1.807) is 16.4 Å². The van der Waals surface area contributed by atoms with E-state index in [0.29, 0.717) is 6.42 Å². The van der Waals surface area contributed by atoms with Crippen molar-refractivity contribution < 1.29 is 4.79 Å². The third kappa shape index (κ3) is 2.64. The van der Waals surface area contributed by atoms with Crippen LogP contribution < -0.4 is 0 Å². The van der Waals surface area contributed by atoms with Crippen LogP contribution in [0.5, 0.6) is 0 Å². The molecule has 1 aromatic carbocycles. The molecule has 2 aromatic rings. The van der Waals surface area contributed by atoms with Gasteiger partial charge < -0.3 is 0 Å². The maximum atomic E-state index is 12.3. The van der Waals surface area contributed by atoms with Gasteiger partial charge in [-0.1, -0.05) is 18.2 Å². The second-order valence-electron chi connectivity index (χ2n) is 4.20. The summed E-state index contributed by atoms with van der Waals surface area (Å²) in [5, 5.41) is 4.26. The Morgan fingerprint density at radius 3 is 2.72 bits per heavy atom. The molecule has 4 heteroatoms. The van der Waals surface area contributed by atoms with Gasteiger partial charge in [-0.25, -0.2) is 0 Å². The summed E-state index contributed by atoms with van der Waals surface area (Å²) in [6.45, 7) is 1.93. The Morgan fingerprint density at radius 2 is 2.11 bits per heavy atom. The number of hydrogen-bond donors (Lipinski definition) is 0. The van der Waals surface area contributed by atoms with E-state index in [2.05, 4.69) is 5.10 Å².